The van der Waals surface area contributed by atoms with E-state index in [1.807, 2.05) is 0 Å². The lowest BCUT2D eigenvalue weighted by atomic mass is 10.1. The zero-order valence-corrected chi connectivity index (χ0v) is 12.4. The first-order valence-electron chi connectivity index (χ1n) is 7.11. The van der Waals surface area contributed by atoms with Crippen LogP contribution in [0, 0.1) is 6.92 Å². The van der Waals surface area contributed by atoms with Crippen LogP contribution < -0.4 is 5.32 Å². The van der Waals surface area contributed by atoms with E-state index >= 15 is 0 Å². The molecule has 0 amide bonds. The molecule has 20 heavy (non-hydrogen) atoms. The lowest BCUT2D eigenvalue weighted by molar-refractivity contribution is 0.184. The first-order chi connectivity index (χ1) is 9.79. The van der Waals surface area contributed by atoms with Crippen molar-refractivity contribution >= 4 is 0 Å². The standard InChI is InChI=1S/C18H23NO/c1-15-6-5-7-16(12-15)10-11-19-13-17-8-3-4-9-18(17)14-20-2/h3-9,12,19H,10-11,13-14H2,1-2H3. The fourth-order valence-corrected chi connectivity index (χ4v) is 2.35. The number of hydrogen-bond acceptors (Lipinski definition) is 2. The van der Waals surface area contributed by atoms with E-state index in [4.69, 9.17) is 4.74 Å². The second-order valence-corrected chi connectivity index (χ2v) is 5.12. The Kier molecular flexibility index (Phi) is 5.78. The van der Waals surface area contributed by atoms with E-state index in [0.717, 1.165) is 19.5 Å². The summed E-state index contributed by atoms with van der Waals surface area (Å²) in [5, 5.41) is 3.51. The molecule has 0 aromatic heterocycles. The van der Waals surface area contributed by atoms with Crippen molar-refractivity contribution in [2.45, 2.75) is 26.5 Å². The quantitative estimate of drug-likeness (QED) is 0.777. The number of methoxy groups -OCH3 is 1. The second-order valence-electron chi connectivity index (χ2n) is 5.12. The second kappa shape index (κ2) is 7.83. The molecule has 2 aromatic carbocycles. The zero-order chi connectivity index (χ0) is 14.2. The molecule has 0 spiro atoms. The lowest BCUT2D eigenvalue weighted by Crippen LogP contribution is -2.17. The van der Waals surface area contributed by atoms with Gasteiger partial charge in [0.2, 0.25) is 0 Å². The van der Waals surface area contributed by atoms with Crippen molar-refractivity contribution in [3.8, 4) is 0 Å². The average molecular weight is 269 g/mol. The van der Waals surface area contributed by atoms with Gasteiger partial charge in [0.25, 0.3) is 0 Å². The summed E-state index contributed by atoms with van der Waals surface area (Å²) in [7, 11) is 1.74. The summed E-state index contributed by atoms with van der Waals surface area (Å²) < 4.78 is 5.23. The van der Waals surface area contributed by atoms with Crippen molar-refractivity contribution in [2.75, 3.05) is 13.7 Å². The highest BCUT2D eigenvalue weighted by atomic mass is 16.5. The van der Waals surface area contributed by atoms with Crippen LogP contribution in [-0.2, 0) is 24.3 Å². The number of ether oxygens (including phenoxy) is 1. The minimum Gasteiger partial charge on any atom is -0.380 e. The molecule has 0 saturated heterocycles. The molecule has 2 nitrogen and oxygen atoms in total. The van der Waals surface area contributed by atoms with Gasteiger partial charge in [-0.15, -0.1) is 0 Å². The summed E-state index contributed by atoms with van der Waals surface area (Å²) in [6.45, 7) is 4.70. The van der Waals surface area contributed by atoms with Gasteiger partial charge in [0.1, 0.15) is 0 Å². The van der Waals surface area contributed by atoms with Crippen LogP contribution >= 0.6 is 0 Å². The molecule has 0 unspecified atom stereocenters. The van der Waals surface area contributed by atoms with Gasteiger partial charge in [0, 0.05) is 13.7 Å². The molecule has 0 aliphatic rings. The van der Waals surface area contributed by atoms with E-state index in [-0.39, 0.29) is 0 Å². The molecule has 0 fully saturated rings. The topological polar surface area (TPSA) is 21.3 Å². The molecule has 0 atom stereocenters. The van der Waals surface area contributed by atoms with Crippen LogP contribution in [0.3, 0.4) is 0 Å². The van der Waals surface area contributed by atoms with Crippen LogP contribution in [0.5, 0.6) is 0 Å². The SMILES string of the molecule is COCc1ccccc1CNCCc1cccc(C)c1. The van der Waals surface area contributed by atoms with Crippen LogP contribution in [-0.4, -0.2) is 13.7 Å². The number of benzene rings is 2. The molecule has 2 aromatic rings. The highest BCUT2D eigenvalue weighted by molar-refractivity contribution is 5.26. The lowest BCUT2D eigenvalue weighted by Gasteiger charge is -2.10. The fraction of sp³-hybridized carbons (Fsp3) is 0.333. The van der Waals surface area contributed by atoms with Gasteiger partial charge in [-0.3, -0.25) is 0 Å². The maximum atomic E-state index is 5.23. The van der Waals surface area contributed by atoms with Crippen molar-refractivity contribution < 1.29 is 4.74 Å². The highest BCUT2D eigenvalue weighted by Gasteiger charge is 2.01. The molecule has 106 valence electrons. The Bertz CT molecular complexity index is 536. The Labute approximate surface area is 121 Å². The molecule has 0 aliphatic carbocycles. The van der Waals surface area contributed by atoms with Gasteiger partial charge < -0.3 is 10.1 Å². The molecule has 0 aliphatic heterocycles. The number of nitrogens with one attached hydrogen (secondary N) is 1. The Morgan fingerprint density at radius 1 is 1.00 bits per heavy atom. The molecular weight excluding hydrogens is 246 g/mol. The van der Waals surface area contributed by atoms with Crippen molar-refractivity contribution in [1.29, 1.82) is 0 Å². The molecule has 2 rings (SSSR count). The molecule has 2 heteroatoms. The summed E-state index contributed by atoms with van der Waals surface area (Å²) in [6.07, 6.45) is 1.06. The number of aryl methyl sites for hydroxylation is 1. The van der Waals surface area contributed by atoms with Gasteiger partial charge in [0.15, 0.2) is 0 Å². The molecule has 0 heterocycles. The first kappa shape index (κ1) is 14.8. The maximum absolute atomic E-state index is 5.23. The Hall–Kier alpha value is -1.64. The van der Waals surface area contributed by atoms with Crippen LogP contribution in [0.2, 0.25) is 0 Å². The van der Waals surface area contributed by atoms with Crippen LogP contribution in [0.15, 0.2) is 48.5 Å². The third kappa shape index (κ3) is 4.48. The van der Waals surface area contributed by atoms with Crippen molar-refractivity contribution in [2.24, 2.45) is 0 Å². The van der Waals surface area contributed by atoms with Gasteiger partial charge in [-0.05, 0) is 36.6 Å². The van der Waals surface area contributed by atoms with Crippen molar-refractivity contribution in [3.05, 3.63) is 70.8 Å². The third-order valence-corrected chi connectivity index (χ3v) is 3.41. The zero-order valence-electron chi connectivity index (χ0n) is 12.4. The Balaban J connectivity index is 1.81. The van der Waals surface area contributed by atoms with E-state index in [0.29, 0.717) is 6.61 Å². The molecule has 0 bridgehead atoms. The summed E-state index contributed by atoms with van der Waals surface area (Å²) >= 11 is 0. The monoisotopic (exact) mass is 269 g/mol. The van der Waals surface area contributed by atoms with Crippen molar-refractivity contribution in [3.63, 3.8) is 0 Å². The van der Waals surface area contributed by atoms with Gasteiger partial charge in [-0.2, -0.15) is 0 Å². The molecule has 0 saturated carbocycles. The van der Waals surface area contributed by atoms with E-state index in [1.54, 1.807) is 7.11 Å². The predicted molar refractivity (Wildman–Crippen MR) is 83.7 cm³/mol. The third-order valence-electron chi connectivity index (χ3n) is 3.41. The van der Waals surface area contributed by atoms with E-state index < -0.39 is 0 Å². The van der Waals surface area contributed by atoms with Gasteiger partial charge in [-0.1, -0.05) is 54.1 Å². The minimum atomic E-state index is 0.676. The summed E-state index contributed by atoms with van der Waals surface area (Å²) in [4.78, 5) is 0. The van der Waals surface area contributed by atoms with Crippen LogP contribution in [0.25, 0.3) is 0 Å². The normalized spacial score (nSPS) is 10.7. The van der Waals surface area contributed by atoms with E-state index in [2.05, 4.69) is 60.8 Å². The Morgan fingerprint density at radius 3 is 2.55 bits per heavy atom. The van der Waals surface area contributed by atoms with Crippen LogP contribution in [0.4, 0.5) is 0 Å². The minimum absolute atomic E-state index is 0.676. The predicted octanol–water partition coefficient (Wildman–Crippen LogP) is 3.47. The van der Waals surface area contributed by atoms with Gasteiger partial charge in [0.05, 0.1) is 6.61 Å². The molecule has 1 N–H and O–H groups in total. The number of rotatable bonds is 7. The summed E-state index contributed by atoms with van der Waals surface area (Å²) in [5.74, 6) is 0. The average Bonchev–Trinajstić information content (AvgIpc) is 2.46. The number of hydrogen-bond donors (Lipinski definition) is 1. The van der Waals surface area contributed by atoms with Crippen molar-refractivity contribution in [1.82, 2.24) is 5.32 Å². The largest absolute Gasteiger partial charge is 0.380 e. The molecular formula is C18H23NO. The van der Waals surface area contributed by atoms with E-state index in [1.165, 1.54) is 22.3 Å². The van der Waals surface area contributed by atoms with Crippen LogP contribution in [0.1, 0.15) is 22.3 Å². The molecule has 0 radical (unpaired) electrons. The highest BCUT2D eigenvalue weighted by Crippen LogP contribution is 2.10. The first-order valence-corrected chi connectivity index (χ1v) is 7.11. The summed E-state index contributed by atoms with van der Waals surface area (Å²) in [5.41, 5.74) is 5.30. The maximum Gasteiger partial charge on any atom is 0.0716 e. The Morgan fingerprint density at radius 2 is 1.80 bits per heavy atom. The van der Waals surface area contributed by atoms with Gasteiger partial charge in [-0.25, -0.2) is 0 Å². The fourth-order valence-electron chi connectivity index (χ4n) is 2.35. The van der Waals surface area contributed by atoms with E-state index in [9.17, 15) is 0 Å². The van der Waals surface area contributed by atoms with Gasteiger partial charge >= 0.3 is 0 Å². The smallest absolute Gasteiger partial charge is 0.0716 e. The summed E-state index contributed by atoms with van der Waals surface area (Å²) in [6, 6.07) is 17.1.